The van der Waals surface area contributed by atoms with Crippen LogP contribution in [0.25, 0.3) is 0 Å². The molecule has 0 spiro atoms. The van der Waals surface area contributed by atoms with E-state index in [1.54, 1.807) is 4.90 Å². The molecule has 1 aromatic carbocycles. The van der Waals surface area contributed by atoms with Gasteiger partial charge in [0.15, 0.2) is 0 Å². The van der Waals surface area contributed by atoms with E-state index in [2.05, 4.69) is 22.0 Å². The Balaban J connectivity index is 1.28. The van der Waals surface area contributed by atoms with Crippen LogP contribution in [0.3, 0.4) is 0 Å². The molecule has 2 aromatic rings. The lowest BCUT2D eigenvalue weighted by atomic mass is 10.1. The van der Waals surface area contributed by atoms with Crippen molar-refractivity contribution in [1.82, 2.24) is 14.8 Å². The molecule has 1 amide bonds. The Hall–Kier alpha value is -2.81. The highest BCUT2D eigenvalue weighted by molar-refractivity contribution is 5.69. The van der Waals surface area contributed by atoms with Crippen LogP contribution in [0.2, 0.25) is 0 Å². The van der Waals surface area contributed by atoms with Crippen LogP contribution in [-0.2, 0) is 17.5 Å². The summed E-state index contributed by atoms with van der Waals surface area (Å²) in [7, 11) is 0. The van der Waals surface area contributed by atoms with Crippen LogP contribution < -0.4 is 4.90 Å². The summed E-state index contributed by atoms with van der Waals surface area (Å²) in [6.45, 7) is 7.54. The van der Waals surface area contributed by atoms with Crippen LogP contribution in [0.1, 0.15) is 37.9 Å². The van der Waals surface area contributed by atoms with Crippen LogP contribution in [0.15, 0.2) is 48.7 Å². The minimum absolute atomic E-state index is 0.101. The van der Waals surface area contributed by atoms with Crippen LogP contribution in [0.4, 0.5) is 23.7 Å². The fourth-order valence-corrected chi connectivity index (χ4v) is 4.86. The Kier molecular flexibility index (Phi) is 7.30. The summed E-state index contributed by atoms with van der Waals surface area (Å²) in [5.41, 5.74) is 0.988. The number of amides is 1. The van der Waals surface area contributed by atoms with Gasteiger partial charge in [-0.15, -0.1) is 0 Å². The third kappa shape index (κ3) is 5.81. The summed E-state index contributed by atoms with van der Waals surface area (Å²) >= 11 is 0. The molecular formula is C25H31F3N4O2. The molecule has 34 heavy (non-hydrogen) atoms. The van der Waals surface area contributed by atoms with Crippen LogP contribution in [0, 0.1) is 0 Å². The number of pyridine rings is 1. The molecule has 4 rings (SSSR count). The van der Waals surface area contributed by atoms with E-state index in [0.717, 1.165) is 38.5 Å². The van der Waals surface area contributed by atoms with Crippen molar-refractivity contribution in [3.63, 3.8) is 0 Å². The zero-order chi connectivity index (χ0) is 24.3. The predicted molar refractivity (Wildman–Crippen MR) is 123 cm³/mol. The van der Waals surface area contributed by atoms with Gasteiger partial charge in [0.1, 0.15) is 11.8 Å². The van der Waals surface area contributed by atoms with E-state index in [1.165, 1.54) is 17.8 Å². The van der Waals surface area contributed by atoms with Crippen molar-refractivity contribution >= 4 is 11.8 Å². The van der Waals surface area contributed by atoms with Gasteiger partial charge in [0.05, 0.1) is 24.0 Å². The van der Waals surface area contributed by atoms with Crippen LogP contribution in [0.5, 0.6) is 0 Å². The number of likely N-dealkylation sites (tertiary alicyclic amines) is 1. The number of ether oxygens (including phenoxy) is 1. The number of alkyl halides is 3. The van der Waals surface area contributed by atoms with Crippen molar-refractivity contribution < 1.29 is 22.7 Å². The summed E-state index contributed by atoms with van der Waals surface area (Å²) in [5, 5.41) is 0. The van der Waals surface area contributed by atoms with E-state index in [0.29, 0.717) is 18.8 Å². The average molecular weight is 477 g/mol. The Morgan fingerprint density at radius 1 is 1.03 bits per heavy atom. The first-order valence-corrected chi connectivity index (χ1v) is 11.7. The molecule has 0 N–H and O–H groups in total. The average Bonchev–Trinajstić information content (AvgIpc) is 2.80. The van der Waals surface area contributed by atoms with Gasteiger partial charge < -0.3 is 9.64 Å². The molecule has 3 heterocycles. The van der Waals surface area contributed by atoms with Crippen molar-refractivity contribution in [1.29, 1.82) is 0 Å². The molecule has 6 nitrogen and oxygen atoms in total. The summed E-state index contributed by atoms with van der Waals surface area (Å²) in [4.78, 5) is 22.7. The highest BCUT2D eigenvalue weighted by Crippen LogP contribution is 2.30. The van der Waals surface area contributed by atoms with Gasteiger partial charge in [-0.25, -0.2) is 9.78 Å². The molecule has 0 saturated carbocycles. The van der Waals surface area contributed by atoms with Crippen molar-refractivity contribution in [3.8, 4) is 0 Å². The Bertz CT molecular complexity index is 935. The Labute approximate surface area is 198 Å². The SMILES string of the molecule is C[C@@H]1CN(c2ccc(C(F)(F)F)nc2)C[C@H](C)N1C(=O)OC1CCN(Cc2ccccc2)CC1. The van der Waals surface area contributed by atoms with Gasteiger partial charge in [0.25, 0.3) is 0 Å². The normalized spacial score (nSPS) is 22.6. The quantitative estimate of drug-likeness (QED) is 0.635. The number of hydrogen-bond donors (Lipinski definition) is 0. The van der Waals surface area contributed by atoms with Gasteiger partial charge in [-0.2, -0.15) is 13.2 Å². The molecule has 0 aliphatic carbocycles. The second-order valence-electron chi connectivity index (χ2n) is 9.25. The molecule has 184 valence electrons. The number of carbonyl (C=O) groups is 1. The number of carbonyl (C=O) groups excluding carboxylic acids is 1. The molecule has 0 bridgehead atoms. The maximum atomic E-state index is 13.0. The summed E-state index contributed by atoms with van der Waals surface area (Å²) in [5.74, 6) is 0. The van der Waals surface area contributed by atoms with Gasteiger partial charge in [0.2, 0.25) is 0 Å². The molecule has 2 fully saturated rings. The van der Waals surface area contributed by atoms with Crippen molar-refractivity contribution in [2.24, 2.45) is 0 Å². The van der Waals surface area contributed by atoms with Crippen molar-refractivity contribution in [3.05, 3.63) is 59.9 Å². The van der Waals surface area contributed by atoms with Gasteiger partial charge in [0, 0.05) is 32.7 Å². The summed E-state index contributed by atoms with van der Waals surface area (Å²) in [6.07, 6.45) is -2.02. The largest absolute Gasteiger partial charge is 0.446 e. The Morgan fingerprint density at radius 2 is 1.68 bits per heavy atom. The fraction of sp³-hybridized carbons (Fsp3) is 0.520. The number of nitrogens with zero attached hydrogens (tertiary/aromatic N) is 4. The maximum Gasteiger partial charge on any atom is 0.433 e. The van der Waals surface area contributed by atoms with E-state index in [-0.39, 0.29) is 24.3 Å². The second kappa shape index (κ2) is 10.2. The number of piperidine rings is 1. The third-order valence-corrected chi connectivity index (χ3v) is 6.58. The first kappa shape index (κ1) is 24.3. The number of aromatic nitrogens is 1. The first-order chi connectivity index (χ1) is 16.2. The molecule has 0 radical (unpaired) electrons. The van der Waals surface area contributed by atoms with Crippen molar-refractivity contribution in [2.75, 3.05) is 31.1 Å². The Morgan fingerprint density at radius 3 is 2.24 bits per heavy atom. The lowest BCUT2D eigenvalue weighted by Crippen LogP contribution is -2.59. The predicted octanol–water partition coefficient (Wildman–Crippen LogP) is 4.80. The van der Waals surface area contributed by atoms with Gasteiger partial charge in [-0.05, 0) is 44.4 Å². The fourth-order valence-electron chi connectivity index (χ4n) is 4.86. The monoisotopic (exact) mass is 476 g/mol. The van der Waals surface area contributed by atoms with Crippen LogP contribution in [-0.4, -0.2) is 65.2 Å². The van der Waals surface area contributed by atoms with Crippen LogP contribution >= 0.6 is 0 Å². The highest BCUT2D eigenvalue weighted by atomic mass is 19.4. The highest BCUT2D eigenvalue weighted by Gasteiger charge is 2.36. The second-order valence-corrected chi connectivity index (χ2v) is 9.25. The van der Waals surface area contributed by atoms with E-state index in [1.807, 2.05) is 36.9 Å². The molecule has 2 saturated heterocycles. The van der Waals surface area contributed by atoms with E-state index in [4.69, 9.17) is 4.74 Å². The lowest BCUT2D eigenvalue weighted by Gasteiger charge is -2.45. The smallest absolute Gasteiger partial charge is 0.433 e. The molecule has 9 heteroatoms. The number of piperazine rings is 1. The van der Waals surface area contributed by atoms with Gasteiger partial charge >= 0.3 is 12.3 Å². The zero-order valence-corrected chi connectivity index (χ0v) is 19.5. The standard InChI is InChI=1S/C25H31F3N4O2/c1-18-15-31(21-8-9-23(29-14-21)25(26,27)28)16-19(2)32(18)24(33)34-22-10-12-30(13-11-22)17-20-6-4-3-5-7-20/h3-9,14,18-19,22H,10-13,15-17H2,1-2H3/t18-,19+. The summed E-state index contributed by atoms with van der Waals surface area (Å²) in [6, 6.07) is 12.5. The van der Waals surface area contributed by atoms with E-state index >= 15 is 0 Å². The lowest BCUT2D eigenvalue weighted by molar-refractivity contribution is -0.141. The zero-order valence-electron chi connectivity index (χ0n) is 19.5. The van der Waals surface area contributed by atoms with E-state index in [9.17, 15) is 18.0 Å². The molecule has 1 aromatic heterocycles. The molecule has 2 atom stereocenters. The number of benzene rings is 1. The third-order valence-electron chi connectivity index (χ3n) is 6.58. The summed E-state index contributed by atoms with van der Waals surface area (Å²) < 4.78 is 44.3. The molecule has 0 unspecified atom stereocenters. The van der Waals surface area contributed by atoms with Gasteiger partial charge in [-0.1, -0.05) is 30.3 Å². The molecule has 2 aliphatic rings. The molecule has 2 aliphatic heterocycles. The van der Waals surface area contributed by atoms with Gasteiger partial charge in [-0.3, -0.25) is 9.80 Å². The maximum absolute atomic E-state index is 13.0. The number of rotatable bonds is 4. The topological polar surface area (TPSA) is 48.9 Å². The van der Waals surface area contributed by atoms with Crippen molar-refractivity contribution in [2.45, 2.75) is 57.6 Å². The minimum Gasteiger partial charge on any atom is -0.446 e. The van der Waals surface area contributed by atoms with E-state index < -0.39 is 11.9 Å². The number of anilines is 1. The first-order valence-electron chi connectivity index (χ1n) is 11.7. The minimum atomic E-state index is -4.46. The number of halogens is 3. The number of hydrogen-bond acceptors (Lipinski definition) is 5. The molecular weight excluding hydrogens is 445 g/mol.